The molecule has 1 aliphatic rings. The second kappa shape index (κ2) is 6.89. The van der Waals surface area contributed by atoms with Crippen molar-refractivity contribution in [3.8, 4) is 17.2 Å². The predicted molar refractivity (Wildman–Crippen MR) is 101 cm³/mol. The van der Waals surface area contributed by atoms with E-state index in [1.165, 1.54) is 0 Å². The Labute approximate surface area is 160 Å². The van der Waals surface area contributed by atoms with Crippen molar-refractivity contribution in [1.82, 2.24) is 4.57 Å². The number of aromatic nitrogens is 1. The summed E-state index contributed by atoms with van der Waals surface area (Å²) < 4.78 is 18.0. The number of nitrogens with zero attached hydrogens (tertiary/aromatic N) is 1. The van der Waals surface area contributed by atoms with Crippen LogP contribution in [0.1, 0.15) is 16.1 Å². The molecule has 1 aliphatic heterocycles. The largest absolute Gasteiger partial charge is 0.490 e. The maximum atomic E-state index is 11.8. The van der Waals surface area contributed by atoms with Gasteiger partial charge in [0.2, 0.25) is 6.79 Å². The highest BCUT2D eigenvalue weighted by molar-refractivity contribution is 6.31. The predicted octanol–water partition coefficient (Wildman–Crippen LogP) is 4.33. The summed E-state index contributed by atoms with van der Waals surface area (Å²) in [5.41, 5.74) is 1.68. The lowest BCUT2D eigenvalue weighted by Gasteiger charge is -2.11. The van der Waals surface area contributed by atoms with E-state index in [1.807, 2.05) is 12.1 Å². The maximum Gasteiger partial charge on any atom is 0.352 e. The molecule has 0 fully saturated rings. The third kappa shape index (κ3) is 3.19. The fourth-order valence-electron chi connectivity index (χ4n) is 3.09. The van der Waals surface area contributed by atoms with E-state index in [2.05, 4.69) is 6.58 Å². The molecule has 2 heterocycles. The molecule has 0 amide bonds. The molecule has 0 spiro atoms. The number of ether oxygens (including phenoxy) is 3. The molecule has 0 saturated carbocycles. The van der Waals surface area contributed by atoms with Crippen LogP contribution >= 0.6 is 11.6 Å². The van der Waals surface area contributed by atoms with E-state index in [9.17, 15) is 9.90 Å². The Kier molecular flexibility index (Phi) is 4.41. The number of fused-ring (bicyclic) bond motifs is 2. The molecular formula is C20H16ClNO5. The third-order valence-electron chi connectivity index (χ3n) is 4.33. The summed E-state index contributed by atoms with van der Waals surface area (Å²) in [5, 5.41) is 10.9. The molecule has 0 unspecified atom stereocenters. The van der Waals surface area contributed by atoms with E-state index in [0.29, 0.717) is 28.9 Å². The Bertz CT molecular complexity index is 1060. The lowest BCUT2D eigenvalue weighted by molar-refractivity contribution is 0.0686. The molecule has 3 aromatic rings. The van der Waals surface area contributed by atoms with Gasteiger partial charge in [-0.1, -0.05) is 24.3 Å². The van der Waals surface area contributed by atoms with Crippen LogP contribution in [-0.2, 0) is 6.54 Å². The van der Waals surface area contributed by atoms with Gasteiger partial charge >= 0.3 is 5.97 Å². The minimum atomic E-state index is -1.02. The molecule has 27 heavy (non-hydrogen) atoms. The van der Waals surface area contributed by atoms with Crippen LogP contribution in [0.25, 0.3) is 10.9 Å². The van der Waals surface area contributed by atoms with E-state index >= 15 is 0 Å². The van der Waals surface area contributed by atoms with Gasteiger partial charge in [-0.15, -0.1) is 0 Å². The fraction of sp³-hybridized carbons (Fsp3) is 0.150. The molecule has 6 nitrogen and oxygen atoms in total. The maximum absolute atomic E-state index is 11.8. The lowest BCUT2D eigenvalue weighted by Crippen LogP contribution is -2.09. The van der Waals surface area contributed by atoms with Gasteiger partial charge in [0.1, 0.15) is 18.1 Å². The van der Waals surface area contributed by atoms with Gasteiger partial charge in [-0.2, -0.15) is 0 Å². The zero-order valence-electron chi connectivity index (χ0n) is 14.3. The van der Waals surface area contributed by atoms with Gasteiger partial charge in [0.25, 0.3) is 0 Å². The fourth-order valence-corrected chi connectivity index (χ4v) is 3.31. The van der Waals surface area contributed by atoms with Crippen molar-refractivity contribution in [2.45, 2.75) is 6.54 Å². The molecule has 0 atom stereocenters. The Morgan fingerprint density at radius 3 is 2.78 bits per heavy atom. The topological polar surface area (TPSA) is 69.9 Å². The number of carboxylic acid groups (broad SMARTS) is 1. The molecule has 7 heteroatoms. The SMILES string of the molecule is C=CCOc1ccc2c(c1)cc(C(=O)O)n2Cc1cc2c(cc1Cl)OCO2. The van der Waals surface area contributed by atoms with Crippen molar-refractivity contribution in [2.75, 3.05) is 13.4 Å². The summed E-state index contributed by atoms with van der Waals surface area (Å²) in [7, 11) is 0. The van der Waals surface area contributed by atoms with Crippen LogP contribution in [0.4, 0.5) is 0 Å². The van der Waals surface area contributed by atoms with Gasteiger partial charge in [-0.3, -0.25) is 0 Å². The van der Waals surface area contributed by atoms with Gasteiger partial charge in [-0.25, -0.2) is 4.79 Å². The first kappa shape index (κ1) is 17.3. The summed E-state index contributed by atoms with van der Waals surface area (Å²) >= 11 is 6.36. The highest BCUT2D eigenvalue weighted by atomic mass is 35.5. The van der Waals surface area contributed by atoms with Gasteiger partial charge < -0.3 is 23.9 Å². The zero-order chi connectivity index (χ0) is 19.0. The zero-order valence-corrected chi connectivity index (χ0v) is 15.0. The van der Waals surface area contributed by atoms with Crippen LogP contribution in [0.3, 0.4) is 0 Å². The summed E-state index contributed by atoms with van der Waals surface area (Å²) in [5.74, 6) is 0.820. The van der Waals surface area contributed by atoms with Crippen molar-refractivity contribution in [3.63, 3.8) is 0 Å². The summed E-state index contributed by atoms with van der Waals surface area (Å²) in [6, 6.07) is 10.5. The van der Waals surface area contributed by atoms with Gasteiger partial charge in [0.05, 0.1) is 6.54 Å². The van der Waals surface area contributed by atoms with Crippen molar-refractivity contribution in [3.05, 3.63) is 65.3 Å². The van der Waals surface area contributed by atoms with Gasteiger partial charge in [0.15, 0.2) is 11.5 Å². The number of aromatic carboxylic acids is 1. The molecular weight excluding hydrogens is 370 g/mol. The number of carbonyl (C=O) groups is 1. The quantitative estimate of drug-likeness (QED) is 0.639. The Hall–Kier alpha value is -3.12. The van der Waals surface area contributed by atoms with Crippen molar-refractivity contribution < 1.29 is 24.1 Å². The smallest absolute Gasteiger partial charge is 0.352 e. The van der Waals surface area contributed by atoms with E-state index in [-0.39, 0.29) is 19.0 Å². The van der Waals surface area contributed by atoms with E-state index < -0.39 is 5.97 Å². The molecule has 1 N–H and O–H groups in total. The number of hydrogen-bond acceptors (Lipinski definition) is 4. The first-order valence-electron chi connectivity index (χ1n) is 8.25. The number of carboxylic acids is 1. The summed E-state index contributed by atoms with van der Waals surface area (Å²) in [6.45, 7) is 4.43. The number of rotatable bonds is 6. The van der Waals surface area contributed by atoms with E-state index in [4.69, 9.17) is 25.8 Å². The van der Waals surface area contributed by atoms with Crippen LogP contribution < -0.4 is 14.2 Å². The van der Waals surface area contributed by atoms with E-state index in [0.717, 1.165) is 16.5 Å². The van der Waals surface area contributed by atoms with Crippen LogP contribution in [0.5, 0.6) is 17.2 Å². The molecule has 0 bridgehead atoms. The minimum absolute atomic E-state index is 0.148. The second-order valence-electron chi connectivity index (χ2n) is 6.04. The first-order valence-corrected chi connectivity index (χ1v) is 8.63. The Morgan fingerprint density at radius 1 is 1.26 bits per heavy atom. The van der Waals surface area contributed by atoms with Crippen molar-refractivity contribution >= 4 is 28.5 Å². The van der Waals surface area contributed by atoms with Gasteiger partial charge in [-0.05, 0) is 35.9 Å². The number of hydrogen-bond donors (Lipinski definition) is 1. The molecule has 1 aromatic heterocycles. The third-order valence-corrected chi connectivity index (χ3v) is 4.68. The Morgan fingerprint density at radius 2 is 2.04 bits per heavy atom. The molecule has 2 aromatic carbocycles. The molecule has 4 rings (SSSR count). The first-order chi connectivity index (χ1) is 13.1. The van der Waals surface area contributed by atoms with Crippen molar-refractivity contribution in [1.29, 1.82) is 0 Å². The number of benzene rings is 2. The molecule has 0 saturated heterocycles. The highest BCUT2D eigenvalue weighted by Gasteiger charge is 2.20. The Balaban J connectivity index is 1.77. The standard InChI is InChI=1S/C20H16ClNO5/c1-2-5-25-14-3-4-16-12(6-14)7-17(20(23)24)22(16)10-13-8-18-19(9-15(13)21)27-11-26-18/h2-4,6-9H,1,5,10-11H2,(H,23,24). The average molecular weight is 386 g/mol. The molecule has 0 radical (unpaired) electrons. The lowest BCUT2D eigenvalue weighted by atomic mass is 10.2. The average Bonchev–Trinajstić information content (AvgIpc) is 3.24. The molecule has 0 aliphatic carbocycles. The minimum Gasteiger partial charge on any atom is -0.490 e. The highest BCUT2D eigenvalue weighted by Crippen LogP contribution is 2.37. The second-order valence-corrected chi connectivity index (χ2v) is 6.45. The van der Waals surface area contributed by atoms with Crippen LogP contribution in [-0.4, -0.2) is 29.0 Å². The summed E-state index contributed by atoms with van der Waals surface area (Å²) in [6.07, 6.45) is 1.65. The van der Waals surface area contributed by atoms with Crippen molar-refractivity contribution in [2.24, 2.45) is 0 Å². The number of halogens is 1. The monoisotopic (exact) mass is 385 g/mol. The molecule has 138 valence electrons. The van der Waals surface area contributed by atoms with Crippen LogP contribution in [0.2, 0.25) is 5.02 Å². The normalized spacial score (nSPS) is 12.3. The van der Waals surface area contributed by atoms with Gasteiger partial charge in [0, 0.05) is 22.0 Å². The van der Waals surface area contributed by atoms with E-state index in [1.54, 1.807) is 34.9 Å². The summed E-state index contributed by atoms with van der Waals surface area (Å²) in [4.78, 5) is 11.8. The van der Waals surface area contributed by atoms with Crippen LogP contribution in [0, 0.1) is 0 Å². The van der Waals surface area contributed by atoms with Crippen LogP contribution in [0.15, 0.2) is 49.1 Å².